The zero-order valence-electron chi connectivity index (χ0n) is 13.8. The third kappa shape index (κ3) is 4.37. The normalized spacial score (nSPS) is 20.7. The van der Waals surface area contributed by atoms with Crippen LogP contribution in [0.15, 0.2) is 18.2 Å². The van der Waals surface area contributed by atoms with Crippen molar-refractivity contribution in [3.8, 4) is 11.5 Å². The molecule has 0 amide bonds. The molecule has 0 saturated heterocycles. The first kappa shape index (κ1) is 16.2. The van der Waals surface area contributed by atoms with Crippen LogP contribution in [0.3, 0.4) is 0 Å². The zero-order valence-corrected chi connectivity index (χ0v) is 13.8. The first-order valence-corrected chi connectivity index (χ1v) is 8.26. The number of rotatable bonds is 6. The van der Waals surface area contributed by atoms with Crippen molar-refractivity contribution in [1.82, 2.24) is 5.32 Å². The Hall–Kier alpha value is -1.22. The van der Waals surface area contributed by atoms with Gasteiger partial charge in [0, 0.05) is 12.0 Å². The molecule has 1 N–H and O–H groups in total. The Kier molecular flexibility index (Phi) is 5.92. The Bertz CT molecular complexity index is 447. The molecule has 0 saturated carbocycles. The molecule has 0 aliphatic carbocycles. The largest absolute Gasteiger partial charge is 0.489 e. The van der Waals surface area contributed by atoms with Crippen molar-refractivity contribution in [2.75, 3.05) is 19.8 Å². The maximum atomic E-state index is 5.91. The van der Waals surface area contributed by atoms with E-state index >= 15 is 0 Å². The summed E-state index contributed by atoms with van der Waals surface area (Å²) in [6, 6.07) is 6.78. The minimum absolute atomic E-state index is 0.388. The maximum absolute atomic E-state index is 5.91. The summed E-state index contributed by atoms with van der Waals surface area (Å²) in [5, 5.41) is 3.60. The van der Waals surface area contributed by atoms with Crippen LogP contribution in [0.4, 0.5) is 0 Å². The first-order valence-electron chi connectivity index (χ1n) is 8.26. The average molecular weight is 291 g/mol. The van der Waals surface area contributed by atoms with Crippen LogP contribution in [-0.2, 0) is 0 Å². The van der Waals surface area contributed by atoms with E-state index in [0.717, 1.165) is 37.7 Å². The van der Waals surface area contributed by atoms with Crippen LogP contribution in [0.25, 0.3) is 0 Å². The van der Waals surface area contributed by atoms with Gasteiger partial charge in [0.2, 0.25) is 0 Å². The Morgan fingerprint density at radius 3 is 2.57 bits per heavy atom. The number of benzene rings is 1. The van der Waals surface area contributed by atoms with Crippen LogP contribution in [0, 0.1) is 11.8 Å². The van der Waals surface area contributed by atoms with E-state index in [1.165, 1.54) is 12.0 Å². The quantitative estimate of drug-likeness (QED) is 0.853. The number of fused-ring (bicyclic) bond motifs is 1. The van der Waals surface area contributed by atoms with E-state index < -0.39 is 0 Å². The Balaban J connectivity index is 2.18. The molecule has 1 aliphatic heterocycles. The smallest absolute Gasteiger partial charge is 0.161 e. The van der Waals surface area contributed by atoms with Gasteiger partial charge in [-0.2, -0.15) is 0 Å². The molecule has 3 atom stereocenters. The predicted molar refractivity (Wildman–Crippen MR) is 87.1 cm³/mol. The summed E-state index contributed by atoms with van der Waals surface area (Å²) in [4.78, 5) is 0. The summed E-state index contributed by atoms with van der Waals surface area (Å²) in [5.74, 6) is 2.92. The van der Waals surface area contributed by atoms with Gasteiger partial charge in [-0.25, -0.2) is 0 Å². The van der Waals surface area contributed by atoms with E-state index in [2.05, 4.69) is 51.2 Å². The Labute approximate surface area is 129 Å². The van der Waals surface area contributed by atoms with Gasteiger partial charge >= 0.3 is 0 Å². The summed E-state index contributed by atoms with van der Waals surface area (Å²) >= 11 is 0. The molecule has 3 heteroatoms. The van der Waals surface area contributed by atoms with Gasteiger partial charge in [-0.1, -0.05) is 40.2 Å². The van der Waals surface area contributed by atoms with Crippen LogP contribution in [-0.4, -0.2) is 19.8 Å². The zero-order chi connectivity index (χ0) is 15.2. The summed E-state index contributed by atoms with van der Waals surface area (Å²) < 4.78 is 11.7. The van der Waals surface area contributed by atoms with Crippen LogP contribution in [0.1, 0.15) is 52.1 Å². The SMILES string of the molecule is CCNC(CC(C)CC)c1ccc2c(c1)OCC(C)CO2. The molecular formula is C18H29NO2. The van der Waals surface area contributed by atoms with Gasteiger partial charge in [-0.15, -0.1) is 0 Å². The topological polar surface area (TPSA) is 30.5 Å². The first-order chi connectivity index (χ1) is 10.1. The predicted octanol–water partition coefficient (Wildman–Crippen LogP) is 4.18. The lowest BCUT2D eigenvalue weighted by molar-refractivity contribution is 0.228. The summed E-state index contributed by atoms with van der Waals surface area (Å²) in [6.07, 6.45) is 2.37. The molecular weight excluding hydrogens is 262 g/mol. The van der Waals surface area contributed by atoms with Crippen LogP contribution in [0.2, 0.25) is 0 Å². The molecule has 118 valence electrons. The highest BCUT2D eigenvalue weighted by atomic mass is 16.5. The standard InChI is InChI=1S/C18H29NO2/c1-5-13(3)9-16(19-6-2)15-7-8-17-18(10-15)21-12-14(4)11-20-17/h7-8,10,13-14,16,19H,5-6,9,11-12H2,1-4H3. The lowest BCUT2D eigenvalue weighted by atomic mass is 9.94. The van der Waals surface area contributed by atoms with Crippen LogP contribution < -0.4 is 14.8 Å². The molecule has 0 aromatic heterocycles. The monoisotopic (exact) mass is 291 g/mol. The van der Waals surface area contributed by atoms with Gasteiger partial charge in [0.15, 0.2) is 11.5 Å². The van der Waals surface area contributed by atoms with Crippen molar-refractivity contribution in [2.45, 2.75) is 46.6 Å². The molecule has 1 aliphatic rings. The number of ether oxygens (including phenoxy) is 2. The highest BCUT2D eigenvalue weighted by Crippen LogP contribution is 2.34. The molecule has 3 unspecified atom stereocenters. The van der Waals surface area contributed by atoms with Crippen molar-refractivity contribution in [3.05, 3.63) is 23.8 Å². The van der Waals surface area contributed by atoms with Crippen molar-refractivity contribution in [2.24, 2.45) is 11.8 Å². The molecule has 0 fully saturated rings. The van der Waals surface area contributed by atoms with Gasteiger partial charge in [0.1, 0.15) is 0 Å². The fraction of sp³-hybridized carbons (Fsp3) is 0.667. The number of nitrogens with one attached hydrogen (secondary N) is 1. The van der Waals surface area contributed by atoms with Crippen molar-refractivity contribution < 1.29 is 9.47 Å². The van der Waals surface area contributed by atoms with Crippen LogP contribution in [0.5, 0.6) is 11.5 Å². The number of hydrogen-bond acceptors (Lipinski definition) is 3. The fourth-order valence-corrected chi connectivity index (χ4v) is 2.64. The van der Waals surface area contributed by atoms with Gasteiger partial charge in [-0.3, -0.25) is 0 Å². The van der Waals surface area contributed by atoms with Gasteiger partial charge in [0.05, 0.1) is 13.2 Å². The molecule has 1 heterocycles. The average Bonchev–Trinajstić information content (AvgIpc) is 2.68. The molecule has 3 nitrogen and oxygen atoms in total. The molecule has 2 rings (SSSR count). The van der Waals surface area contributed by atoms with E-state index in [-0.39, 0.29) is 0 Å². The van der Waals surface area contributed by atoms with E-state index in [4.69, 9.17) is 9.47 Å². The van der Waals surface area contributed by atoms with E-state index in [1.54, 1.807) is 0 Å². The van der Waals surface area contributed by atoms with Crippen molar-refractivity contribution >= 4 is 0 Å². The second kappa shape index (κ2) is 7.69. The number of hydrogen-bond donors (Lipinski definition) is 1. The highest BCUT2D eigenvalue weighted by Gasteiger charge is 2.19. The van der Waals surface area contributed by atoms with Gasteiger partial charge in [0.25, 0.3) is 0 Å². The highest BCUT2D eigenvalue weighted by molar-refractivity contribution is 5.44. The summed E-state index contributed by atoms with van der Waals surface area (Å²) in [7, 11) is 0. The van der Waals surface area contributed by atoms with Gasteiger partial charge < -0.3 is 14.8 Å². The lowest BCUT2D eigenvalue weighted by Gasteiger charge is -2.22. The second-order valence-electron chi connectivity index (χ2n) is 6.29. The molecule has 0 spiro atoms. The Morgan fingerprint density at radius 1 is 1.19 bits per heavy atom. The molecule has 1 aromatic rings. The minimum Gasteiger partial charge on any atom is -0.489 e. The maximum Gasteiger partial charge on any atom is 0.161 e. The lowest BCUT2D eigenvalue weighted by Crippen LogP contribution is -2.22. The summed E-state index contributed by atoms with van der Waals surface area (Å²) in [6.45, 7) is 11.3. The van der Waals surface area contributed by atoms with E-state index in [9.17, 15) is 0 Å². The van der Waals surface area contributed by atoms with E-state index in [1.807, 2.05) is 0 Å². The van der Waals surface area contributed by atoms with Crippen molar-refractivity contribution in [1.29, 1.82) is 0 Å². The molecule has 21 heavy (non-hydrogen) atoms. The van der Waals surface area contributed by atoms with Crippen LogP contribution >= 0.6 is 0 Å². The summed E-state index contributed by atoms with van der Waals surface area (Å²) in [5.41, 5.74) is 1.30. The second-order valence-corrected chi connectivity index (χ2v) is 6.29. The molecule has 1 aromatic carbocycles. The third-order valence-electron chi connectivity index (χ3n) is 4.20. The van der Waals surface area contributed by atoms with E-state index in [0.29, 0.717) is 17.9 Å². The third-order valence-corrected chi connectivity index (χ3v) is 4.20. The van der Waals surface area contributed by atoms with Crippen molar-refractivity contribution in [3.63, 3.8) is 0 Å². The molecule has 0 radical (unpaired) electrons. The van der Waals surface area contributed by atoms with Gasteiger partial charge in [-0.05, 0) is 36.6 Å². The Morgan fingerprint density at radius 2 is 1.90 bits per heavy atom. The molecule has 0 bridgehead atoms. The minimum atomic E-state index is 0.388. The fourth-order valence-electron chi connectivity index (χ4n) is 2.64.